The summed E-state index contributed by atoms with van der Waals surface area (Å²) >= 11 is 12.0. The fraction of sp³-hybridized carbons (Fsp3) is 0.308. The van der Waals surface area contributed by atoms with Gasteiger partial charge in [0.05, 0.1) is 6.54 Å². The van der Waals surface area contributed by atoms with E-state index in [1.807, 2.05) is 0 Å². The molecule has 1 N–H and O–H groups in total. The van der Waals surface area contributed by atoms with Gasteiger partial charge < -0.3 is 5.11 Å². The lowest BCUT2D eigenvalue weighted by Crippen LogP contribution is -2.34. The van der Waals surface area contributed by atoms with E-state index in [0.29, 0.717) is 15.6 Å². The number of carbonyl (C=O) groups is 1. The SMILES string of the molecule is CC(=O)CC(O)(Cn1cncn1)c1ccc(Cl)cc1Cl. The fourth-order valence-corrected chi connectivity index (χ4v) is 2.68. The van der Waals surface area contributed by atoms with Gasteiger partial charge in [0.2, 0.25) is 0 Å². The first-order valence-electron chi connectivity index (χ1n) is 5.90. The van der Waals surface area contributed by atoms with Crippen LogP contribution in [-0.2, 0) is 16.9 Å². The van der Waals surface area contributed by atoms with Crippen molar-refractivity contribution in [2.45, 2.75) is 25.5 Å². The van der Waals surface area contributed by atoms with Crippen molar-refractivity contribution in [1.29, 1.82) is 0 Å². The molecule has 5 nitrogen and oxygen atoms in total. The maximum absolute atomic E-state index is 11.5. The van der Waals surface area contributed by atoms with Crippen LogP contribution in [0.2, 0.25) is 10.0 Å². The van der Waals surface area contributed by atoms with Crippen LogP contribution in [0.15, 0.2) is 30.9 Å². The smallest absolute Gasteiger partial charge is 0.137 e. The van der Waals surface area contributed by atoms with E-state index >= 15 is 0 Å². The fourth-order valence-electron chi connectivity index (χ4n) is 2.10. The van der Waals surface area contributed by atoms with Crippen molar-refractivity contribution in [2.24, 2.45) is 0 Å². The zero-order chi connectivity index (χ0) is 14.8. The predicted molar refractivity (Wildman–Crippen MR) is 75.7 cm³/mol. The molecule has 0 amide bonds. The minimum atomic E-state index is -1.46. The third-order valence-electron chi connectivity index (χ3n) is 2.86. The number of aromatic nitrogens is 3. The summed E-state index contributed by atoms with van der Waals surface area (Å²) in [7, 11) is 0. The van der Waals surface area contributed by atoms with Crippen molar-refractivity contribution in [2.75, 3.05) is 0 Å². The van der Waals surface area contributed by atoms with Crippen LogP contribution in [0.3, 0.4) is 0 Å². The number of ketones is 1. The molecule has 1 aromatic heterocycles. The summed E-state index contributed by atoms with van der Waals surface area (Å²) in [6.45, 7) is 1.49. The van der Waals surface area contributed by atoms with Crippen molar-refractivity contribution in [1.82, 2.24) is 14.8 Å². The molecule has 20 heavy (non-hydrogen) atoms. The van der Waals surface area contributed by atoms with E-state index in [1.165, 1.54) is 30.3 Å². The highest BCUT2D eigenvalue weighted by molar-refractivity contribution is 6.35. The van der Waals surface area contributed by atoms with Gasteiger partial charge >= 0.3 is 0 Å². The average molecular weight is 314 g/mol. The molecule has 1 atom stereocenters. The summed E-state index contributed by atoms with van der Waals surface area (Å²) in [6, 6.07) is 4.77. The lowest BCUT2D eigenvalue weighted by molar-refractivity contribution is -0.123. The summed E-state index contributed by atoms with van der Waals surface area (Å²) in [4.78, 5) is 15.3. The molecule has 0 saturated heterocycles. The summed E-state index contributed by atoms with van der Waals surface area (Å²) in [6.07, 6.45) is 2.75. The second kappa shape index (κ2) is 5.91. The van der Waals surface area contributed by atoms with Crippen LogP contribution >= 0.6 is 23.2 Å². The highest BCUT2D eigenvalue weighted by Crippen LogP contribution is 2.34. The van der Waals surface area contributed by atoms with Crippen LogP contribution in [0.1, 0.15) is 18.9 Å². The Balaban J connectivity index is 2.42. The van der Waals surface area contributed by atoms with Gasteiger partial charge in [-0.25, -0.2) is 9.67 Å². The summed E-state index contributed by atoms with van der Waals surface area (Å²) in [5, 5.41) is 15.6. The second-order valence-electron chi connectivity index (χ2n) is 4.63. The monoisotopic (exact) mass is 313 g/mol. The van der Waals surface area contributed by atoms with Gasteiger partial charge in [-0.1, -0.05) is 29.3 Å². The van der Waals surface area contributed by atoms with Crippen molar-refractivity contribution in [3.63, 3.8) is 0 Å². The molecule has 2 rings (SSSR count). The lowest BCUT2D eigenvalue weighted by atomic mass is 9.88. The first-order chi connectivity index (χ1) is 9.40. The molecule has 0 bridgehead atoms. The maximum Gasteiger partial charge on any atom is 0.137 e. The number of hydrogen-bond acceptors (Lipinski definition) is 4. The highest BCUT2D eigenvalue weighted by atomic mass is 35.5. The van der Waals surface area contributed by atoms with Crippen LogP contribution in [-0.4, -0.2) is 25.7 Å². The van der Waals surface area contributed by atoms with E-state index in [1.54, 1.807) is 12.1 Å². The van der Waals surface area contributed by atoms with E-state index in [9.17, 15) is 9.90 Å². The number of aliphatic hydroxyl groups is 1. The van der Waals surface area contributed by atoms with Crippen molar-refractivity contribution in [3.05, 3.63) is 46.5 Å². The van der Waals surface area contributed by atoms with Gasteiger partial charge in [-0.3, -0.25) is 4.79 Å². The zero-order valence-electron chi connectivity index (χ0n) is 10.8. The maximum atomic E-state index is 11.5. The van der Waals surface area contributed by atoms with Crippen LogP contribution in [0, 0.1) is 0 Å². The van der Waals surface area contributed by atoms with Crippen LogP contribution in [0.5, 0.6) is 0 Å². The molecule has 0 aliphatic rings. The Hall–Kier alpha value is -1.43. The Bertz CT molecular complexity index is 616. The van der Waals surface area contributed by atoms with Gasteiger partial charge in [-0.2, -0.15) is 5.10 Å². The second-order valence-corrected chi connectivity index (χ2v) is 5.47. The Morgan fingerprint density at radius 2 is 2.20 bits per heavy atom. The number of nitrogens with zero attached hydrogens (tertiary/aromatic N) is 3. The van der Waals surface area contributed by atoms with Gasteiger partial charge in [-0.05, 0) is 19.1 Å². The third kappa shape index (κ3) is 3.36. The Kier molecular flexibility index (Phi) is 4.42. The predicted octanol–water partition coefficient (Wildman–Crippen LogP) is 2.45. The molecule has 0 aliphatic carbocycles. The largest absolute Gasteiger partial charge is 0.383 e. The molecular formula is C13H13Cl2N3O2. The highest BCUT2D eigenvalue weighted by Gasteiger charge is 2.34. The minimum Gasteiger partial charge on any atom is -0.383 e. The molecule has 2 aromatic rings. The molecule has 1 unspecified atom stereocenters. The quantitative estimate of drug-likeness (QED) is 0.920. The number of rotatable bonds is 5. The van der Waals surface area contributed by atoms with Crippen LogP contribution in [0.4, 0.5) is 0 Å². The van der Waals surface area contributed by atoms with E-state index < -0.39 is 5.60 Å². The van der Waals surface area contributed by atoms with Crippen LogP contribution < -0.4 is 0 Å². The normalized spacial score (nSPS) is 14.0. The topological polar surface area (TPSA) is 68.0 Å². The van der Waals surface area contributed by atoms with E-state index in [2.05, 4.69) is 10.1 Å². The molecule has 0 spiro atoms. The van der Waals surface area contributed by atoms with Gasteiger partial charge in [-0.15, -0.1) is 0 Å². The first kappa shape index (κ1) is 15.0. The van der Waals surface area contributed by atoms with E-state index in [-0.39, 0.29) is 18.7 Å². The molecule has 7 heteroatoms. The van der Waals surface area contributed by atoms with E-state index in [0.717, 1.165) is 0 Å². The van der Waals surface area contributed by atoms with Gasteiger partial charge in [0.15, 0.2) is 0 Å². The number of Topliss-reactive ketones (excluding diaryl/α,β-unsaturated/α-hetero) is 1. The Morgan fingerprint density at radius 1 is 1.45 bits per heavy atom. The van der Waals surface area contributed by atoms with Gasteiger partial charge in [0.25, 0.3) is 0 Å². The number of halogens is 2. The van der Waals surface area contributed by atoms with Crippen LogP contribution in [0.25, 0.3) is 0 Å². The molecule has 0 fully saturated rings. The molecule has 1 aromatic carbocycles. The molecule has 1 heterocycles. The Labute approximate surface area is 126 Å². The zero-order valence-corrected chi connectivity index (χ0v) is 12.3. The van der Waals surface area contributed by atoms with Crippen molar-refractivity contribution in [3.8, 4) is 0 Å². The first-order valence-corrected chi connectivity index (χ1v) is 6.66. The van der Waals surface area contributed by atoms with E-state index in [4.69, 9.17) is 23.2 Å². The minimum absolute atomic E-state index is 0.0752. The molecule has 0 radical (unpaired) electrons. The molecular weight excluding hydrogens is 301 g/mol. The van der Waals surface area contributed by atoms with Crippen molar-refractivity contribution >= 4 is 29.0 Å². The molecule has 0 saturated carbocycles. The standard InChI is InChI=1S/C13H13Cl2N3O2/c1-9(19)5-13(20,6-18-8-16-7-17-18)11-3-2-10(14)4-12(11)15/h2-4,7-8,20H,5-6H2,1H3. The summed E-state index contributed by atoms with van der Waals surface area (Å²) < 4.78 is 1.45. The Morgan fingerprint density at radius 3 is 2.75 bits per heavy atom. The summed E-state index contributed by atoms with van der Waals surface area (Å²) in [5.74, 6) is -0.154. The number of hydrogen-bond donors (Lipinski definition) is 1. The van der Waals surface area contributed by atoms with Gasteiger partial charge in [0.1, 0.15) is 24.0 Å². The molecule has 0 aliphatic heterocycles. The number of carbonyl (C=O) groups excluding carboxylic acids is 1. The van der Waals surface area contributed by atoms with Crippen molar-refractivity contribution < 1.29 is 9.90 Å². The summed E-state index contributed by atoms with van der Waals surface area (Å²) in [5.41, 5.74) is -1.02. The average Bonchev–Trinajstić information content (AvgIpc) is 2.79. The third-order valence-corrected chi connectivity index (χ3v) is 3.41. The van der Waals surface area contributed by atoms with Gasteiger partial charge in [0, 0.05) is 22.0 Å². The molecule has 106 valence electrons. The lowest BCUT2D eigenvalue weighted by Gasteiger charge is -2.28. The number of benzene rings is 1.